The van der Waals surface area contributed by atoms with Crippen LogP contribution in [0.25, 0.3) is 0 Å². The maximum absolute atomic E-state index is 11.3. The van der Waals surface area contributed by atoms with Crippen molar-refractivity contribution in [3.8, 4) is 0 Å². The molecule has 1 rings (SSSR count). The Hall–Kier alpha value is -0.470. The zero-order valence-corrected chi connectivity index (χ0v) is 21.6. The van der Waals surface area contributed by atoms with Crippen LogP contribution in [-0.2, 0) is 14.4 Å². The third-order valence-electron chi connectivity index (χ3n) is 3.08. The Labute approximate surface area is 225 Å². The number of amides is 1. The van der Waals surface area contributed by atoms with E-state index >= 15 is 0 Å². The van der Waals surface area contributed by atoms with Gasteiger partial charge in [0.1, 0.15) is 6.10 Å². The molecule has 0 saturated carbocycles. The summed E-state index contributed by atoms with van der Waals surface area (Å²) in [4.78, 5) is 38.9. The van der Waals surface area contributed by atoms with Crippen molar-refractivity contribution in [2.45, 2.75) is 29.8 Å². The normalized spacial score (nSPS) is 11.5. The summed E-state index contributed by atoms with van der Waals surface area (Å²) < 4.78 is 0. The van der Waals surface area contributed by atoms with Crippen LogP contribution < -0.4 is 74.6 Å². The number of hydrogen-bond acceptors (Lipinski definition) is 9. The molecule has 1 aromatic carbocycles. The van der Waals surface area contributed by atoms with Gasteiger partial charge >= 0.3 is 59.1 Å². The zero-order chi connectivity index (χ0) is 21.9. The average molecular weight is 485 g/mol. The van der Waals surface area contributed by atoms with Gasteiger partial charge in [-0.3, -0.25) is 14.9 Å². The molecule has 3 N–H and O–H groups in total. The number of rotatable bonds is 9. The summed E-state index contributed by atoms with van der Waals surface area (Å²) in [7, 11) is 0. The minimum Gasteiger partial charge on any atom is -0.550 e. The van der Waals surface area contributed by atoms with E-state index in [2.05, 4.69) is 5.32 Å². The van der Waals surface area contributed by atoms with Crippen LogP contribution in [-0.4, -0.2) is 50.5 Å². The fourth-order valence-electron chi connectivity index (χ4n) is 1.70. The smallest absolute Gasteiger partial charge is 0.550 e. The number of nitro benzene ring substituents is 1. The number of benzene rings is 1. The van der Waals surface area contributed by atoms with Crippen LogP contribution in [0.2, 0.25) is 0 Å². The van der Waals surface area contributed by atoms with Gasteiger partial charge in [-0.25, -0.2) is 0 Å². The van der Waals surface area contributed by atoms with Crippen molar-refractivity contribution in [3.05, 3.63) is 39.9 Å². The zero-order valence-electron chi connectivity index (χ0n) is 16.1. The van der Waals surface area contributed by atoms with E-state index in [0.29, 0.717) is 5.56 Å². The maximum Gasteiger partial charge on any atom is 1.00 e. The predicted octanol–water partition coefficient (Wildman–Crippen LogP) is -7.82. The van der Waals surface area contributed by atoms with E-state index in [1.807, 2.05) is 0 Å². The van der Waals surface area contributed by atoms with Crippen molar-refractivity contribution in [3.63, 3.8) is 0 Å². The molecule has 1 aromatic rings. The van der Waals surface area contributed by atoms with Gasteiger partial charge in [0.05, 0.1) is 17.6 Å². The number of halogens is 2. The summed E-state index contributed by atoms with van der Waals surface area (Å²) in [5.74, 6) is -3.49. The summed E-state index contributed by atoms with van der Waals surface area (Å²) in [5.41, 5.74) is 0.169. The number of non-ortho nitro benzene ring substituents is 1. The molecule has 1 amide bonds. The van der Waals surface area contributed by atoms with E-state index < -0.39 is 59.2 Å². The summed E-state index contributed by atoms with van der Waals surface area (Å²) in [6, 6.07) is 4.05. The Balaban J connectivity index is -0.000000626. The van der Waals surface area contributed by atoms with Gasteiger partial charge < -0.3 is 35.3 Å². The number of nitrogens with one attached hydrogen (secondary N) is 1. The molecule has 15 heteroatoms. The molecular weight excluding hydrogens is 469 g/mol. The van der Waals surface area contributed by atoms with Gasteiger partial charge in [-0.2, -0.15) is 0 Å². The third-order valence-corrected chi connectivity index (χ3v) is 3.48. The molecule has 0 fully saturated rings. The second-order valence-corrected chi connectivity index (χ2v) is 6.23. The molecule has 30 heavy (non-hydrogen) atoms. The van der Waals surface area contributed by atoms with Gasteiger partial charge in [0, 0.05) is 24.1 Å². The Morgan fingerprint density at radius 1 is 1.03 bits per heavy atom. The molecule has 0 radical (unpaired) electrons. The fourth-order valence-corrected chi connectivity index (χ4v) is 1.83. The fraction of sp³-hybridized carbons (Fsp3) is 0.400. The van der Waals surface area contributed by atoms with Crippen molar-refractivity contribution in [2.24, 2.45) is 0 Å². The topological polar surface area (TPSA) is 193 Å². The Morgan fingerprint density at radius 2 is 1.47 bits per heavy atom. The minimum atomic E-state index is -1.37. The van der Waals surface area contributed by atoms with E-state index in [1.54, 1.807) is 0 Å². The van der Waals surface area contributed by atoms with Gasteiger partial charge in [0.25, 0.3) is 11.6 Å². The predicted molar refractivity (Wildman–Crippen MR) is 91.8 cm³/mol. The second kappa shape index (κ2) is 18.1. The van der Waals surface area contributed by atoms with Gasteiger partial charge in [-0.15, -0.1) is 0 Å². The maximum atomic E-state index is 11.3. The molecule has 0 saturated heterocycles. The number of carboxylic acids is 2. The molecule has 11 nitrogen and oxygen atoms in total. The molecule has 156 valence electrons. The number of carbonyl (C=O) groups is 3. The van der Waals surface area contributed by atoms with Gasteiger partial charge in [0.2, 0.25) is 0 Å². The number of aliphatic carboxylic acids is 2. The summed E-state index contributed by atoms with van der Waals surface area (Å²) >= 11 is 10.7. The van der Waals surface area contributed by atoms with Crippen molar-refractivity contribution >= 4 is 46.7 Å². The van der Waals surface area contributed by atoms with E-state index in [1.165, 1.54) is 24.3 Å². The number of aliphatic hydroxyl groups excluding tert-OH is 2. The first-order valence-corrected chi connectivity index (χ1v) is 8.38. The molecule has 2 atom stereocenters. The second-order valence-electron chi connectivity index (χ2n) is 5.14. The molecule has 0 aliphatic rings. The first-order chi connectivity index (χ1) is 13.0. The number of alkyl halides is 2. The summed E-state index contributed by atoms with van der Waals surface area (Å²) in [6.45, 7) is -0.551. The van der Waals surface area contributed by atoms with Crippen molar-refractivity contribution in [1.29, 1.82) is 0 Å². The van der Waals surface area contributed by atoms with Gasteiger partial charge in [-0.05, 0) is 30.5 Å². The van der Waals surface area contributed by atoms with Crippen LogP contribution in [0, 0.1) is 10.1 Å². The number of nitro groups is 1. The summed E-state index contributed by atoms with van der Waals surface area (Å²) in [6.07, 6.45) is -2.19. The van der Waals surface area contributed by atoms with E-state index in [-0.39, 0.29) is 64.8 Å². The van der Waals surface area contributed by atoms with Crippen LogP contribution in [0.3, 0.4) is 0 Å². The molecule has 0 aliphatic heterocycles. The van der Waals surface area contributed by atoms with Gasteiger partial charge in [-0.1, -0.05) is 23.2 Å². The Kier molecular flexibility index (Phi) is 20.6. The number of carbonyl (C=O) groups excluding carboxylic acids is 3. The standard InChI is InChI=1S/C11H12Cl2N2O5.C4H6O4.2Na/c12-10(13)11(18)14-8(5-16)9(17)6-1-3-7(4-2-6)15(19)20;5-3(6)1-2-4(7)8;;/h1-4,8-10,16-17H,5H2,(H,14,18);1-2H2,(H,5,6)(H,7,8);;/q;;2*+1/p-2/t8-,9-;;;/m1.../s1. The number of hydrogen-bond donors (Lipinski definition) is 3. The first-order valence-electron chi connectivity index (χ1n) is 7.51. The SMILES string of the molecule is O=C(N[C@H](CO)[C@H](O)c1ccc([N+](=O)[O-])cc1)C(Cl)Cl.O=C([O-])CCC(=O)[O-].[Na+].[Na+]. The Morgan fingerprint density at radius 3 is 1.77 bits per heavy atom. The van der Waals surface area contributed by atoms with E-state index in [0.717, 1.165) is 0 Å². The molecule has 0 aliphatic carbocycles. The van der Waals surface area contributed by atoms with E-state index in [9.17, 15) is 39.8 Å². The van der Waals surface area contributed by atoms with Crippen molar-refractivity contribution in [1.82, 2.24) is 5.32 Å². The molecular formula is C15H16Cl2N2Na2O9. The van der Waals surface area contributed by atoms with Crippen LogP contribution >= 0.6 is 23.2 Å². The molecule has 0 aromatic heterocycles. The average Bonchev–Trinajstić information content (AvgIpc) is 2.64. The number of nitrogens with zero attached hydrogens (tertiary/aromatic N) is 1. The molecule has 0 bridgehead atoms. The van der Waals surface area contributed by atoms with Crippen LogP contribution in [0.15, 0.2) is 24.3 Å². The van der Waals surface area contributed by atoms with Crippen molar-refractivity contribution in [2.75, 3.05) is 6.61 Å². The third kappa shape index (κ3) is 14.5. The minimum absolute atomic E-state index is 0. The quantitative estimate of drug-likeness (QED) is 0.132. The van der Waals surface area contributed by atoms with Crippen LogP contribution in [0.4, 0.5) is 5.69 Å². The molecule has 0 unspecified atom stereocenters. The van der Waals surface area contributed by atoms with E-state index in [4.69, 9.17) is 28.3 Å². The monoisotopic (exact) mass is 484 g/mol. The van der Waals surface area contributed by atoms with Crippen molar-refractivity contribution < 1.29 is 98.8 Å². The molecule has 0 spiro atoms. The van der Waals surface area contributed by atoms with Crippen LogP contribution in [0.5, 0.6) is 0 Å². The largest absolute Gasteiger partial charge is 1.00 e. The number of aliphatic hydroxyl groups is 2. The molecule has 0 heterocycles. The van der Waals surface area contributed by atoms with Gasteiger partial charge in [0.15, 0.2) is 4.84 Å². The summed E-state index contributed by atoms with van der Waals surface area (Å²) in [5, 5.41) is 50.9. The van der Waals surface area contributed by atoms with Crippen LogP contribution in [0.1, 0.15) is 24.5 Å². The first kappa shape index (κ1) is 34.2. The number of carboxylic acid groups (broad SMARTS) is 2. The Bertz CT molecular complexity index is 679.